The van der Waals surface area contributed by atoms with E-state index in [9.17, 15) is 4.79 Å². The van der Waals surface area contributed by atoms with Crippen LogP contribution in [-0.2, 0) is 0 Å². The van der Waals surface area contributed by atoms with Gasteiger partial charge in [-0.2, -0.15) is 0 Å². The first-order valence-electron chi connectivity index (χ1n) is 10.6. The van der Waals surface area contributed by atoms with E-state index < -0.39 is 0 Å². The predicted molar refractivity (Wildman–Crippen MR) is 119 cm³/mol. The van der Waals surface area contributed by atoms with Crippen molar-refractivity contribution in [2.24, 2.45) is 5.92 Å². The van der Waals surface area contributed by atoms with E-state index in [4.69, 9.17) is 9.84 Å². The number of amides is 1. The number of hydrogen-bond donors (Lipinski definition) is 2. The highest BCUT2D eigenvalue weighted by atomic mass is 16.5. The SMILES string of the molecule is COc1ccc(C#Cc2ccc(C(=O)N3CCCC(CNCCCO)C3)cc2)cc1. The average Bonchev–Trinajstić information content (AvgIpc) is 2.81. The van der Waals surface area contributed by atoms with Crippen LogP contribution in [0.5, 0.6) is 5.75 Å². The van der Waals surface area contributed by atoms with Crippen molar-refractivity contribution in [1.82, 2.24) is 10.2 Å². The zero-order valence-corrected chi connectivity index (χ0v) is 17.6. The Bertz CT molecular complexity index is 866. The summed E-state index contributed by atoms with van der Waals surface area (Å²) < 4.78 is 5.16. The number of rotatable bonds is 7. The summed E-state index contributed by atoms with van der Waals surface area (Å²) in [6, 6.07) is 15.2. The number of hydrogen-bond acceptors (Lipinski definition) is 4. The highest BCUT2D eigenvalue weighted by Crippen LogP contribution is 2.18. The topological polar surface area (TPSA) is 61.8 Å². The van der Waals surface area contributed by atoms with Crippen LogP contribution in [-0.4, -0.2) is 55.8 Å². The van der Waals surface area contributed by atoms with E-state index in [2.05, 4.69) is 17.2 Å². The minimum absolute atomic E-state index is 0.0877. The molecule has 158 valence electrons. The van der Waals surface area contributed by atoms with Gasteiger partial charge in [0.25, 0.3) is 5.91 Å². The molecule has 0 radical (unpaired) electrons. The van der Waals surface area contributed by atoms with Gasteiger partial charge in [0, 0.05) is 36.4 Å². The maximum absolute atomic E-state index is 12.9. The molecule has 1 atom stereocenters. The van der Waals surface area contributed by atoms with Gasteiger partial charge in [-0.15, -0.1) is 0 Å². The first-order valence-corrected chi connectivity index (χ1v) is 10.6. The molecule has 0 aliphatic carbocycles. The number of carbonyl (C=O) groups is 1. The lowest BCUT2D eigenvalue weighted by atomic mass is 9.97. The third-order valence-electron chi connectivity index (χ3n) is 5.32. The van der Waals surface area contributed by atoms with Gasteiger partial charge in [0.15, 0.2) is 0 Å². The number of piperidine rings is 1. The smallest absolute Gasteiger partial charge is 0.253 e. The Morgan fingerprint density at radius 3 is 2.43 bits per heavy atom. The van der Waals surface area contributed by atoms with Gasteiger partial charge >= 0.3 is 0 Å². The van der Waals surface area contributed by atoms with E-state index in [0.29, 0.717) is 11.5 Å². The molecular weight excluding hydrogens is 376 g/mol. The number of carbonyl (C=O) groups excluding carboxylic acids is 1. The lowest BCUT2D eigenvalue weighted by Gasteiger charge is -2.33. The molecule has 2 N–H and O–H groups in total. The summed E-state index contributed by atoms with van der Waals surface area (Å²) in [6.45, 7) is 3.52. The molecule has 1 amide bonds. The molecule has 1 aliphatic rings. The summed E-state index contributed by atoms with van der Waals surface area (Å²) in [5, 5.41) is 12.2. The maximum Gasteiger partial charge on any atom is 0.253 e. The van der Waals surface area contributed by atoms with Crippen LogP contribution in [0.15, 0.2) is 48.5 Å². The van der Waals surface area contributed by atoms with E-state index in [1.807, 2.05) is 53.4 Å². The normalized spacial score (nSPS) is 15.9. The molecule has 5 nitrogen and oxygen atoms in total. The largest absolute Gasteiger partial charge is 0.497 e. The summed E-state index contributed by atoms with van der Waals surface area (Å²) in [7, 11) is 1.64. The minimum Gasteiger partial charge on any atom is -0.497 e. The Balaban J connectivity index is 1.56. The van der Waals surface area contributed by atoms with Crippen LogP contribution >= 0.6 is 0 Å². The van der Waals surface area contributed by atoms with Crippen molar-refractivity contribution in [3.8, 4) is 17.6 Å². The molecule has 1 heterocycles. The van der Waals surface area contributed by atoms with Gasteiger partial charge in [-0.1, -0.05) is 11.8 Å². The van der Waals surface area contributed by atoms with Gasteiger partial charge in [0.1, 0.15) is 5.75 Å². The molecule has 1 saturated heterocycles. The van der Waals surface area contributed by atoms with Crippen molar-refractivity contribution in [2.75, 3.05) is 39.9 Å². The van der Waals surface area contributed by atoms with Crippen LogP contribution in [0, 0.1) is 17.8 Å². The molecular formula is C25H30N2O3. The molecule has 5 heteroatoms. The lowest BCUT2D eigenvalue weighted by Crippen LogP contribution is -2.43. The summed E-state index contributed by atoms with van der Waals surface area (Å²) in [5.41, 5.74) is 2.51. The van der Waals surface area contributed by atoms with Crippen LogP contribution in [0.25, 0.3) is 0 Å². The zero-order valence-electron chi connectivity index (χ0n) is 17.6. The highest BCUT2D eigenvalue weighted by Gasteiger charge is 2.24. The lowest BCUT2D eigenvalue weighted by molar-refractivity contribution is 0.0673. The second-order valence-electron chi connectivity index (χ2n) is 7.60. The predicted octanol–water partition coefficient (Wildman–Crippen LogP) is 2.92. The van der Waals surface area contributed by atoms with Crippen molar-refractivity contribution in [3.63, 3.8) is 0 Å². The Hall–Kier alpha value is -2.81. The van der Waals surface area contributed by atoms with Crippen LogP contribution < -0.4 is 10.1 Å². The number of ether oxygens (including phenoxy) is 1. The number of nitrogens with one attached hydrogen (secondary N) is 1. The first kappa shape index (κ1) is 21.9. The maximum atomic E-state index is 12.9. The standard InChI is InChI=1S/C25H30N2O3/c1-30-24-13-9-21(10-14-24)6-5-20-7-11-23(12-8-20)25(29)27-16-2-4-22(19-27)18-26-15-3-17-28/h7-14,22,26,28H,2-4,15-19H2,1H3. The van der Waals surface area contributed by atoms with Crippen LogP contribution in [0.4, 0.5) is 0 Å². The fourth-order valence-corrected chi connectivity index (χ4v) is 3.62. The van der Waals surface area contributed by atoms with Crippen LogP contribution in [0.2, 0.25) is 0 Å². The Morgan fingerprint density at radius 2 is 1.80 bits per heavy atom. The second-order valence-corrected chi connectivity index (χ2v) is 7.60. The monoisotopic (exact) mass is 406 g/mol. The quantitative estimate of drug-likeness (QED) is 0.548. The van der Waals surface area contributed by atoms with Gasteiger partial charge in [-0.25, -0.2) is 0 Å². The summed E-state index contributed by atoms with van der Waals surface area (Å²) in [5.74, 6) is 7.64. The molecule has 0 saturated carbocycles. The number of aliphatic hydroxyl groups excluding tert-OH is 1. The van der Waals surface area contributed by atoms with Crippen molar-refractivity contribution in [2.45, 2.75) is 19.3 Å². The van der Waals surface area contributed by atoms with Gasteiger partial charge in [-0.3, -0.25) is 4.79 Å². The van der Waals surface area contributed by atoms with Gasteiger partial charge in [-0.05, 0) is 86.8 Å². The van der Waals surface area contributed by atoms with Crippen molar-refractivity contribution < 1.29 is 14.6 Å². The number of methoxy groups -OCH3 is 1. The van der Waals surface area contributed by atoms with Crippen molar-refractivity contribution >= 4 is 5.91 Å². The average molecular weight is 407 g/mol. The van der Waals surface area contributed by atoms with E-state index in [1.54, 1.807) is 7.11 Å². The van der Waals surface area contributed by atoms with Crippen LogP contribution in [0.3, 0.4) is 0 Å². The molecule has 1 aliphatic heterocycles. The minimum atomic E-state index is 0.0877. The van der Waals surface area contributed by atoms with Crippen LogP contribution in [0.1, 0.15) is 40.7 Å². The fourth-order valence-electron chi connectivity index (χ4n) is 3.62. The molecule has 0 spiro atoms. The third kappa shape index (κ3) is 6.35. The Kier molecular flexibility index (Phi) is 8.31. The number of aliphatic hydroxyl groups is 1. The first-order chi connectivity index (χ1) is 14.7. The van der Waals surface area contributed by atoms with Crippen molar-refractivity contribution in [1.29, 1.82) is 0 Å². The number of nitrogens with zero attached hydrogens (tertiary/aromatic N) is 1. The molecule has 0 bridgehead atoms. The molecule has 1 fully saturated rings. The number of benzene rings is 2. The molecule has 1 unspecified atom stereocenters. The number of likely N-dealkylation sites (tertiary alicyclic amines) is 1. The molecule has 30 heavy (non-hydrogen) atoms. The van der Waals surface area contributed by atoms with Gasteiger partial charge in [0.2, 0.25) is 0 Å². The van der Waals surface area contributed by atoms with E-state index in [-0.39, 0.29) is 12.5 Å². The highest BCUT2D eigenvalue weighted by molar-refractivity contribution is 5.94. The van der Waals surface area contributed by atoms with E-state index >= 15 is 0 Å². The molecule has 2 aromatic carbocycles. The fraction of sp³-hybridized carbons (Fsp3) is 0.400. The zero-order chi connectivity index (χ0) is 21.2. The van der Waals surface area contributed by atoms with E-state index in [1.165, 1.54) is 0 Å². The summed E-state index contributed by atoms with van der Waals surface area (Å²) in [6.07, 6.45) is 2.93. The molecule has 0 aromatic heterocycles. The Morgan fingerprint density at radius 1 is 1.13 bits per heavy atom. The van der Waals surface area contributed by atoms with E-state index in [0.717, 1.165) is 62.3 Å². The summed E-state index contributed by atoms with van der Waals surface area (Å²) >= 11 is 0. The second kappa shape index (κ2) is 11.4. The third-order valence-corrected chi connectivity index (χ3v) is 5.32. The molecule has 3 rings (SSSR count). The van der Waals surface area contributed by atoms with Crippen molar-refractivity contribution in [3.05, 3.63) is 65.2 Å². The molecule has 2 aromatic rings. The van der Waals surface area contributed by atoms with Gasteiger partial charge in [0.05, 0.1) is 7.11 Å². The Labute approximate surface area is 179 Å². The summed E-state index contributed by atoms with van der Waals surface area (Å²) in [4.78, 5) is 14.9. The van der Waals surface area contributed by atoms with Gasteiger partial charge < -0.3 is 20.1 Å².